The van der Waals surface area contributed by atoms with E-state index in [0.29, 0.717) is 13.0 Å². The van der Waals surface area contributed by atoms with Gasteiger partial charge in [-0.1, -0.05) is 13.8 Å². The van der Waals surface area contributed by atoms with E-state index in [0.717, 1.165) is 13.0 Å². The van der Waals surface area contributed by atoms with Gasteiger partial charge in [0.15, 0.2) is 0 Å². The van der Waals surface area contributed by atoms with Crippen molar-refractivity contribution in [1.82, 2.24) is 10.6 Å². The molecule has 0 radical (unpaired) electrons. The summed E-state index contributed by atoms with van der Waals surface area (Å²) in [5.41, 5.74) is 0. The van der Waals surface area contributed by atoms with Gasteiger partial charge in [0.2, 0.25) is 5.91 Å². The first-order valence-corrected chi connectivity index (χ1v) is 7.05. The Morgan fingerprint density at radius 3 is 2.65 bits per heavy atom. The molecular formula is C13H22N2OS. The Kier molecular flexibility index (Phi) is 6.22. The fourth-order valence-corrected chi connectivity index (χ4v) is 2.56. The van der Waals surface area contributed by atoms with Gasteiger partial charge in [-0.15, -0.1) is 11.3 Å². The number of amides is 1. The van der Waals surface area contributed by atoms with Crippen molar-refractivity contribution in [1.29, 1.82) is 0 Å². The molecule has 0 aliphatic rings. The summed E-state index contributed by atoms with van der Waals surface area (Å²) in [4.78, 5) is 14.2. The van der Waals surface area contributed by atoms with Crippen LogP contribution in [0.2, 0.25) is 0 Å². The first-order chi connectivity index (χ1) is 8.15. The summed E-state index contributed by atoms with van der Waals surface area (Å²) >= 11 is 1.77. The minimum absolute atomic E-state index is 0.116. The Balaban J connectivity index is 2.27. The van der Waals surface area contributed by atoms with Gasteiger partial charge in [0.1, 0.15) is 0 Å². The van der Waals surface area contributed by atoms with Crippen LogP contribution in [0.25, 0.3) is 0 Å². The summed E-state index contributed by atoms with van der Waals surface area (Å²) in [6.45, 7) is 7.78. The van der Waals surface area contributed by atoms with Gasteiger partial charge in [-0.2, -0.15) is 0 Å². The summed E-state index contributed by atoms with van der Waals surface area (Å²) in [6, 6.07) is 4.47. The van der Waals surface area contributed by atoms with Gasteiger partial charge in [0.05, 0.1) is 6.54 Å². The van der Waals surface area contributed by atoms with Crippen molar-refractivity contribution in [2.75, 3.05) is 6.54 Å². The molecule has 1 rings (SSSR count). The fourth-order valence-electron chi connectivity index (χ4n) is 1.66. The van der Waals surface area contributed by atoms with Crippen LogP contribution in [0, 0.1) is 0 Å². The van der Waals surface area contributed by atoms with E-state index in [1.54, 1.807) is 11.3 Å². The van der Waals surface area contributed by atoms with Crippen LogP contribution in [0.5, 0.6) is 0 Å². The third-order valence-electron chi connectivity index (χ3n) is 2.57. The third-order valence-corrected chi connectivity index (χ3v) is 3.80. The number of carbonyl (C=O) groups is 1. The summed E-state index contributed by atoms with van der Waals surface area (Å²) in [6.07, 6.45) is 1.61. The Hall–Kier alpha value is -0.870. The highest BCUT2D eigenvalue weighted by atomic mass is 32.1. The maximum absolute atomic E-state index is 11.6. The van der Waals surface area contributed by atoms with Gasteiger partial charge in [-0.3, -0.25) is 4.79 Å². The second-order valence-electron chi connectivity index (χ2n) is 4.16. The molecule has 0 aliphatic carbocycles. The van der Waals surface area contributed by atoms with Crippen molar-refractivity contribution in [2.24, 2.45) is 0 Å². The monoisotopic (exact) mass is 254 g/mol. The first kappa shape index (κ1) is 14.2. The van der Waals surface area contributed by atoms with Crippen LogP contribution in [0.1, 0.15) is 36.9 Å². The highest BCUT2D eigenvalue weighted by molar-refractivity contribution is 7.11. The maximum atomic E-state index is 11.6. The summed E-state index contributed by atoms with van der Waals surface area (Å²) < 4.78 is 0. The summed E-state index contributed by atoms with van der Waals surface area (Å²) in [5, 5.41) is 6.19. The van der Waals surface area contributed by atoms with Crippen molar-refractivity contribution in [3.63, 3.8) is 0 Å². The molecule has 0 aliphatic heterocycles. The number of hydrogen-bond acceptors (Lipinski definition) is 3. The highest BCUT2D eigenvalue weighted by Crippen LogP contribution is 2.16. The Morgan fingerprint density at radius 2 is 2.06 bits per heavy atom. The molecular weight excluding hydrogens is 232 g/mol. The molecule has 1 amide bonds. The average Bonchev–Trinajstić information content (AvgIpc) is 2.74. The minimum atomic E-state index is 0.116. The molecule has 0 bridgehead atoms. The molecule has 1 aromatic rings. The molecule has 0 saturated heterocycles. The normalized spacial score (nSPS) is 12.4. The fraction of sp³-hybridized carbons (Fsp3) is 0.615. The third kappa shape index (κ3) is 5.33. The zero-order valence-electron chi connectivity index (χ0n) is 10.9. The van der Waals surface area contributed by atoms with Crippen LogP contribution >= 0.6 is 11.3 Å². The first-order valence-electron chi connectivity index (χ1n) is 6.23. The van der Waals surface area contributed by atoms with Gasteiger partial charge in [-0.05, 0) is 32.0 Å². The quantitative estimate of drug-likeness (QED) is 0.784. The van der Waals surface area contributed by atoms with E-state index >= 15 is 0 Å². The molecule has 0 aromatic carbocycles. The zero-order chi connectivity index (χ0) is 12.7. The van der Waals surface area contributed by atoms with Crippen LogP contribution in [0.15, 0.2) is 12.1 Å². The Bertz CT molecular complexity index is 349. The van der Waals surface area contributed by atoms with Gasteiger partial charge < -0.3 is 10.6 Å². The molecule has 3 nitrogen and oxygen atoms in total. The topological polar surface area (TPSA) is 41.1 Å². The van der Waals surface area contributed by atoms with Crippen LogP contribution in [0.4, 0.5) is 0 Å². The predicted molar refractivity (Wildman–Crippen MR) is 73.3 cm³/mol. The van der Waals surface area contributed by atoms with E-state index in [9.17, 15) is 4.79 Å². The maximum Gasteiger partial charge on any atom is 0.221 e. The van der Waals surface area contributed by atoms with Crippen molar-refractivity contribution in [3.05, 3.63) is 21.9 Å². The second kappa shape index (κ2) is 7.45. The summed E-state index contributed by atoms with van der Waals surface area (Å²) in [5.74, 6) is 0.116. The largest absolute Gasteiger partial charge is 0.351 e. The molecule has 2 N–H and O–H groups in total. The number of aryl methyl sites for hydroxylation is 1. The Morgan fingerprint density at radius 1 is 1.35 bits per heavy atom. The molecule has 0 fully saturated rings. The predicted octanol–water partition coefficient (Wildman–Crippen LogP) is 2.31. The molecule has 17 heavy (non-hydrogen) atoms. The van der Waals surface area contributed by atoms with Crippen molar-refractivity contribution in [3.8, 4) is 0 Å². The highest BCUT2D eigenvalue weighted by Gasteiger charge is 2.07. The molecule has 0 saturated carbocycles. The van der Waals surface area contributed by atoms with Gasteiger partial charge in [0, 0.05) is 22.2 Å². The number of carbonyl (C=O) groups excluding carboxylic acids is 1. The summed E-state index contributed by atoms with van der Waals surface area (Å²) in [7, 11) is 0. The smallest absolute Gasteiger partial charge is 0.221 e. The molecule has 4 heteroatoms. The number of nitrogens with one attached hydrogen (secondary N) is 2. The molecule has 0 spiro atoms. The number of thiophene rings is 1. The molecule has 1 aromatic heterocycles. The minimum Gasteiger partial charge on any atom is -0.351 e. The SMILES string of the molecule is CCNC(C)CC(=O)NCc1ccc(CC)s1. The molecule has 96 valence electrons. The molecule has 1 atom stereocenters. The zero-order valence-corrected chi connectivity index (χ0v) is 11.7. The van der Waals surface area contributed by atoms with Crippen LogP contribution < -0.4 is 10.6 Å². The number of hydrogen-bond donors (Lipinski definition) is 2. The van der Waals surface area contributed by atoms with Gasteiger partial charge in [0.25, 0.3) is 0 Å². The van der Waals surface area contributed by atoms with Crippen molar-refractivity contribution in [2.45, 2.75) is 46.2 Å². The Labute approximate surface area is 108 Å². The van der Waals surface area contributed by atoms with E-state index in [4.69, 9.17) is 0 Å². The van der Waals surface area contributed by atoms with Gasteiger partial charge in [-0.25, -0.2) is 0 Å². The van der Waals surface area contributed by atoms with E-state index < -0.39 is 0 Å². The van der Waals surface area contributed by atoms with Gasteiger partial charge >= 0.3 is 0 Å². The standard InChI is InChI=1S/C13H22N2OS/c1-4-11-6-7-12(17-11)9-15-13(16)8-10(3)14-5-2/h6-7,10,14H,4-5,8-9H2,1-3H3,(H,15,16). The average molecular weight is 254 g/mol. The van der Waals surface area contributed by atoms with Crippen LogP contribution in [-0.2, 0) is 17.8 Å². The molecule has 1 heterocycles. The van der Waals surface area contributed by atoms with Crippen molar-refractivity contribution < 1.29 is 4.79 Å². The van der Waals surface area contributed by atoms with Crippen LogP contribution in [0.3, 0.4) is 0 Å². The lowest BCUT2D eigenvalue weighted by atomic mass is 10.2. The lowest BCUT2D eigenvalue weighted by Crippen LogP contribution is -2.33. The van der Waals surface area contributed by atoms with E-state index in [1.165, 1.54) is 9.75 Å². The van der Waals surface area contributed by atoms with E-state index in [2.05, 4.69) is 29.7 Å². The van der Waals surface area contributed by atoms with E-state index in [1.807, 2.05) is 13.8 Å². The van der Waals surface area contributed by atoms with Crippen LogP contribution in [-0.4, -0.2) is 18.5 Å². The lowest BCUT2D eigenvalue weighted by molar-refractivity contribution is -0.121. The number of rotatable bonds is 7. The van der Waals surface area contributed by atoms with Crippen molar-refractivity contribution >= 4 is 17.2 Å². The van der Waals surface area contributed by atoms with E-state index in [-0.39, 0.29) is 11.9 Å². The second-order valence-corrected chi connectivity index (χ2v) is 5.41. The molecule has 1 unspecified atom stereocenters. The lowest BCUT2D eigenvalue weighted by Gasteiger charge is -2.11.